The summed E-state index contributed by atoms with van der Waals surface area (Å²) in [6.07, 6.45) is 0.577. The first-order chi connectivity index (χ1) is 9.17. The van der Waals surface area contributed by atoms with E-state index in [4.69, 9.17) is 33.8 Å². The zero-order valence-corrected chi connectivity index (χ0v) is 11.5. The molecule has 2 rings (SSSR count). The van der Waals surface area contributed by atoms with Crippen LogP contribution >= 0.6 is 23.8 Å². The second-order valence-corrected chi connectivity index (χ2v) is 5.09. The van der Waals surface area contributed by atoms with Crippen LogP contribution in [-0.2, 0) is 6.42 Å². The van der Waals surface area contributed by atoms with Crippen molar-refractivity contribution in [3.8, 4) is 17.6 Å². The monoisotopic (exact) mass is 287 g/mol. The van der Waals surface area contributed by atoms with Crippen molar-refractivity contribution in [3.05, 3.63) is 59.7 Å². The van der Waals surface area contributed by atoms with Crippen LogP contribution in [0, 0.1) is 11.3 Å². The second-order valence-electron chi connectivity index (χ2n) is 3.91. The van der Waals surface area contributed by atoms with Crippen LogP contribution in [0.25, 0.3) is 0 Å². The summed E-state index contributed by atoms with van der Waals surface area (Å²) in [6.45, 7) is 0. The van der Waals surface area contributed by atoms with E-state index in [2.05, 4.69) is 6.07 Å². The smallest absolute Gasteiger partial charge is 0.127 e. The molecule has 0 atom stereocenters. The normalized spacial score (nSPS) is 9.68. The summed E-state index contributed by atoms with van der Waals surface area (Å²) >= 11 is 10.5. The highest BCUT2D eigenvalue weighted by Gasteiger charge is 2.00. The topological polar surface area (TPSA) is 33.0 Å². The van der Waals surface area contributed by atoms with Gasteiger partial charge in [0.1, 0.15) is 11.5 Å². The van der Waals surface area contributed by atoms with Crippen molar-refractivity contribution >= 4 is 28.1 Å². The number of ether oxygens (including phenoxy) is 1. The van der Waals surface area contributed by atoms with E-state index in [1.165, 1.54) is 0 Å². The van der Waals surface area contributed by atoms with Crippen molar-refractivity contribution in [1.82, 2.24) is 0 Å². The average Bonchev–Trinajstić information content (AvgIpc) is 2.41. The van der Waals surface area contributed by atoms with E-state index < -0.39 is 0 Å². The Kier molecular flexibility index (Phi) is 4.51. The molecule has 0 fully saturated rings. The van der Waals surface area contributed by atoms with Gasteiger partial charge >= 0.3 is 0 Å². The minimum atomic E-state index is 0.445. The van der Waals surface area contributed by atoms with Crippen LogP contribution in [-0.4, -0.2) is 4.32 Å². The maximum absolute atomic E-state index is 8.71. The summed E-state index contributed by atoms with van der Waals surface area (Å²) < 4.78 is 6.11. The Morgan fingerprint density at radius 3 is 2.05 bits per heavy atom. The summed E-state index contributed by atoms with van der Waals surface area (Å²) in [5.74, 6) is 1.42. The fraction of sp³-hybridized carbons (Fsp3) is 0.0667. The molecule has 0 N–H and O–H groups in total. The lowest BCUT2D eigenvalue weighted by atomic mass is 10.2. The maximum Gasteiger partial charge on any atom is 0.127 e. The van der Waals surface area contributed by atoms with Crippen LogP contribution in [0.2, 0.25) is 0 Å². The predicted octanol–water partition coefficient (Wildman–Crippen LogP) is 4.46. The van der Waals surface area contributed by atoms with Gasteiger partial charge < -0.3 is 4.74 Å². The van der Waals surface area contributed by atoms with Crippen molar-refractivity contribution in [2.24, 2.45) is 0 Å². The molecule has 19 heavy (non-hydrogen) atoms. The quantitative estimate of drug-likeness (QED) is 0.615. The number of hydrogen-bond acceptors (Lipinski definition) is 3. The highest BCUT2D eigenvalue weighted by molar-refractivity contribution is 7.83. The first-order valence-corrected chi connectivity index (χ1v) is 6.41. The summed E-state index contributed by atoms with van der Waals surface area (Å²) in [7, 11) is 0. The molecular formula is C15H10ClNOS. The predicted molar refractivity (Wildman–Crippen MR) is 79.8 cm³/mol. The van der Waals surface area contributed by atoms with E-state index in [9.17, 15) is 0 Å². The van der Waals surface area contributed by atoms with Gasteiger partial charge in [-0.3, -0.25) is 0 Å². The van der Waals surface area contributed by atoms with Gasteiger partial charge in [0, 0.05) is 6.42 Å². The van der Waals surface area contributed by atoms with Gasteiger partial charge in [-0.25, -0.2) is 0 Å². The first-order valence-electron chi connectivity index (χ1n) is 5.62. The Balaban J connectivity index is 2.06. The van der Waals surface area contributed by atoms with Crippen molar-refractivity contribution in [2.75, 3.05) is 0 Å². The van der Waals surface area contributed by atoms with Crippen LogP contribution in [0.1, 0.15) is 11.1 Å². The van der Waals surface area contributed by atoms with Crippen molar-refractivity contribution in [1.29, 1.82) is 5.26 Å². The van der Waals surface area contributed by atoms with Gasteiger partial charge in [0.25, 0.3) is 0 Å². The summed E-state index contributed by atoms with van der Waals surface area (Å²) in [5.41, 5.74) is 1.66. The molecule has 0 heterocycles. The summed E-state index contributed by atoms with van der Waals surface area (Å²) in [5, 5.41) is 8.71. The van der Waals surface area contributed by atoms with Crippen molar-refractivity contribution < 1.29 is 4.74 Å². The highest BCUT2D eigenvalue weighted by atomic mass is 35.5. The molecule has 0 bridgehead atoms. The molecule has 2 aromatic carbocycles. The molecule has 4 heteroatoms. The Labute approximate surface area is 122 Å². The van der Waals surface area contributed by atoms with E-state index in [1.807, 2.05) is 24.3 Å². The van der Waals surface area contributed by atoms with E-state index >= 15 is 0 Å². The molecule has 0 amide bonds. The van der Waals surface area contributed by atoms with Gasteiger partial charge in [-0.1, -0.05) is 36.0 Å². The van der Waals surface area contributed by atoms with E-state index in [0.29, 0.717) is 22.1 Å². The summed E-state index contributed by atoms with van der Waals surface area (Å²) in [6, 6.07) is 16.6. The minimum Gasteiger partial charge on any atom is -0.457 e. The zero-order valence-electron chi connectivity index (χ0n) is 9.97. The number of nitriles is 1. The molecule has 0 saturated heterocycles. The molecule has 0 unspecified atom stereocenters. The lowest BCUT2D eigenvalue weighted by molar-refractivity contribution is 0.482. The average molecular weight is 288 g/mol. The zero-order chi connectivity index (χ0) is 13.7. The Bertz CT molecular complexity index is 614. The third-order valence-corrected chi connectivity index (χ3v) is 2.76. The largest absolute Gasteiger partial charge is 0.457 e. The lowest BCUT2D eigenvalue weighted by Gasteiger charge is -2.06. The van der Waals surface area contributed by atoms with Gasteiger partial charge in [0.2, 0.25) is 0 Å². The van der Waals surface area contributed by atoms with Gasteiger partial charge in [-0.2, -0.15) is 5.26 Å². The second kappa shape index (κ2) is 6.33. The molecule has 0 spiro atoms. The number of hydrogen-bond donors (Lipinski definition) is 0. The SMILES string of the molecule is N#Cc1ccc(Oc2ccc(CC(=S)Cl)cc2)cc1. The molecule has 0 saturated carbocycles. The third kappa shape index (κ3) is 4.06. The fourth-order valence-electron chi connectivity index (χ4n) is 1.57. The van der Waals surface area contributed by atoms with E-state index in [1.54, 1.807) is 24.3 Å². The molecule has 0 aliphatic rings. The molecule has 0 radical (unpaired) electrons. The molecular weight excluding hydrogens is 278 g/mol. The third-order valence-electron chi connectivity index (χ3n) is 2.49. The van der Waals surface area contributed by atoms with E-state index in [-0.39, 0.29) is 0 Å². The van der Waals surface area contributed by atoms with Gasteiger partial charge in [-0.15, -0.1) is 0 Å². The Morgan fingerprint density at radius 2 is 1.58 bits per heavy atom. The number of nitrogens with zero attached hydrogens (tertiary/aromatic N) is 1. The first kappa shape index (κ1) is 13.5. The summed E-state index contributed by atoms with van der Waals surface area (Å²) in [4.78, 5) is 0. The number of rotatable bonds is 4. The number of benzene rings is 2. The van der Waals surface area contributed by atoms with Crippen molar-refractivity contribution in [3.63, 3.8) is 0 Å². The molecule has 0 aliphatic heterocycles. The molecule has 0 aliphatic carbocycles. The minimum absolute atomic E-state index is 0.445. The van der Waals surface area contributed by atoms with Crippen LogP contribution < -0.4 is 4.74 Å². The Hall–Kier alpha value is -1.89. The van der Waals surface area contributed by atoms with Crippen molar-refractivity contribution in [2.45, 2.75) is 6.42 Å². The standard InChI is InChI=1S/C15H10ClNOS/c16-15(19)9-11-1-5-13(6-2-11)18-14-7-3-12(10-17)4-8-14/h1-8H,9H2. The van der Waals surface area contributed by atoms with Crippen LogP contribution in [0.5, 0.6) is 11.5 Å². The molecule has 0 aromatic heterocycles. The molecule has 2 nitrogen and oxygen atoms in total. The molecule has 2 aromatic rings. The Morgan fingerprint density at radius 1 is 1.05 bits per heavy atom. The van der Waals surface area contributed by atoms with Crippen LogP contribution in [0.15, 0.2) is 48.5 Å². The van der Waals surface area contributed by atoms with Gasteiger partial charge in [-0.05, 0) is 42.0 Å². The lowest BCUT2D eigenvalue weighted by Crippen LogP contribution is -1.91. The van der Waals surface area contributed by atoms with Crippen LogP contribution in [0.4, 0.5) is 0 Å². The fourth-order valence-corrected chi connectivity index (χ4v) is 1.89. The number of thiocarbonyl (C=S) groups is 1. The molecule has 94 valence electrons. The van der Waals surface area contributed by atoms with Crippen LogP contribution in [0.3, 0.4) is 0 Å². The maximum atomic E-state index is 8.71. The van der Waals surface area contributed by atoms with Gasteiger partial charge in [0.15, 0.2) is 0 Å². The highest BCUT2D eigenvalue weighted by Crippen LogP contribution is 2.22. The van der Waals surface area contributed by atoms with Gasteiger partial charge in [0.05, 0.1) is 16.0 Å². The number of halogens is 1. The van der Waals surface area contributed by atoms with E-state index in [0.717, 1.165) is 11.3 Å².